The van der Waals surface area contributed by atoms with Crippen molar-refractivity contribution in [2.45, 2.75) is 225 Å². The monoisotopic (exact) mass is 861 g/mol. The number of aliphatic hydroxyl groups excluding tert-OH is 1. The molecule has 5 N–H and O–H groups in total. The molecule has 348 valence electrons. The minimum absolute atomic E-state index is 0.0717. The standard InChI is InChI=1S/C51H93N2O6P/c1-3-5-7-9-11-13-15-17-19-21-23-25-27-29-31-33-35-37-39-41-43-45-51(55)53-49(48-59-60(56,57)58-47-46-52)50(54)44-42-40-38-36-34-32-30-28-26-24-22-20-18-16-14-12-10-8-6-4-2/h5,7,11,13,17,19,23,25,29,31,42,44,49-50,54H,3-4,6,8-10,12,14-16,18,20-22,24,26-28,30,32-41,43,45-48,52H2,1-2H3,(H,53,55)(H,56,57)/b7-5-,13-11-,19-17-,25-23-,31-29-,44-42+. The average Bonchev–Trinajstić information content (AvgIpc) is 3.24. The van der Waals surface area contributed by atoms with Crippen molar-refractivity contribution in [2.75, 3.05) is 19.8 Å². The van der Waals surface area contributed by atoms with Crippen molar-refractivity contribution in [1.29, 1.82) is 0 Å². The zero-order valence-electron chi connectivity index (χ0n) is 38.7. The Hall–Kier alpha value is -2.06. The van der Waals surface area contributed by atoms with E-state index in [-0.39, 0.29) is 25.7 Å². The maximum atomic E-state index is 12.8. The highest BCUT2D eigenvalue weighted by molar-refractivity contribution is 7.47. The van der Waals surface area contributed by atoms with Crippen molar-refractivity contribution in [2.24, 2.45) is 5.73 Å². The quantitative estimate of drug-likeness (QED) is 0.0272. The number of hydrogen-bond donors (Lipinski definition) is 4. The van der Waals surface area contributed by atoms with Gasteiger partial charge in [-0.1, -0.05) is 215 Å². The lowest BCUT2D eigenvalue weighted by molar-refractivity contribution is -0.123. The molecule has 0 heterocycles. The van der Waals surface area contributed by atoms with Crippen LogP contribution in [0.3, 0.4) is 0 Å². The molecule has 0 aromatic rings. The van der Waals surface area contributed by atoms with Crippen molar-refractivity contribution in [3.63, 3.8) is 0 Å². The van der Waals surface area contributed by atoms with Crippen molar-refractivity contribution < 1.29 is 28.4 Å². The third-order valence-electron chi connectivity index (χ3n) is 10.5. The van der Waals surface area contributed by atoms with Crippen LogP contribution < -0.4 is 11.1 Å². The second kappa shape index (κ2) is 46.4. The third-order valence-corrected chi connectivity index (χ3v) is 11.5. The van der Waals surface area contributed by atoms with Gasteiger partial charge in [0.05, 0.1) is 25.4 Å². The minimum Gasteiger partial charge on any atom is -0.387 e. The van der Waals surface area contributed by atoms with E-state index in [0.717, 1.165) is 89.9 Å². The molecule has 0 rings (SSSR count). The topological polar surface area (TPSA) is 131 Å². The summed E-state index contributed by atoms with van der Waals surface area (Å²) in [7, 11) is -4.35. The van der Waals surface area contributed by atoms with Crippen molar-refractivity contribution >= 4 is 13.7 Å². The van der Waals surface area contributed by atoms with Crippen molar-refractivity contribution in [3.8, 4) is 0 Å². The fourth-order valence-corrected chi connectivity index (χ4v) is 7.62. The minimum atomic E-state index is -4.35. The predicted molar refractivity (Wildman–Crippen MR) is 258 cm³/mol. The summed E-state index contributed by atoms with van der Waals surface area (Å²) >= 11 is 0. The highest BCUT2D eigenvalue weighted by atomic mass is 31.2. The van der Waals surface area contributed by atoms with E-state index in [1.807, 2.05) is 6.08 Å². The number of nitrogens with two attached hydrogens (primary N) is 1. The van der Waals surface area contributed by atoms with E-state index < -0.39 is 20.0 Å². The molecule has 60 heavy (non-hydrogen) atoms. The van der Waals surface area contributed by atoms with E-state index in [0.29, 0.717) is 6.42 Å². The molecule has 0 saturated heterocycles. The molecule has 0 radical (unpaired) electrons. The highest BCUT2D eigenvalue weighted by Crippen LogP contribution is 2.43. The molecule has 0 spiro atoms. The first-order chi connectivity index (χ1) is 29.4. The highest BCUT2D eigenvalue weighted by Gasteiger charge is 2.26. The molecule has 0 aliphatic carbocycles. The molecule has 0 aliphatic rings. The zero-order valence-corrected chi connectivity index (χ0v) is 39.6. The van der Waals surface area contributed by atoms with E-state index in [1.165, 1.54) is 103 Å². The maximum absolute atomic E-state index is 12.8. The van der Waals surface area contributed by atoms with Gasteiger partial charge in [0.2, 0.25) is 5.91 Å². The van der Waals surface area contributed by atoms with Gasteiger partial charge in [-0.3, -0.25) is 13.8 Å². The van der Waals surface area contributed by atoms with Crippen LogP contribution in [0.2, 0.25) is 0 Å². The Morgan fingerprint density at radius 3 is 1.42 bits per heavy atom. The largest absolute Gasteiger partial charge is 0.472 e. The second-order valence-corrected chi connectivity index (χ2v) is 17.7. The summed E-state index contributed by atoms with van der Waals surface area (Å²) < 4.78 is 22.2. The Bertz CT molecular complexity index is 1170. The smallest absolute Gasteiger partial charge is 0.387 e. The Morgan fingerprint density at radius 2 is 0.967 bits per heavy atom. The van der Waals surface area contributed by atoms with Crippen LogP contribution in [0, 0.1) is 0 Å². The summed E-state index contributed by atoms with van der Waals surface area (Å²) in [6, 6.07) is -0.875. The lowest BCUT2D eigenvalue weighted by Crippen LogP contribution is -2.45. The summed E-state index contributed by atoms with van der Waals surface area (Å²) in [5.74, 6) is -0.214. The van der Waals surface area contributed by atoms with Gasteiger partial charge in [0, 0.05) is 13.0 Å². The number of amides is 1. The van der Waals surface area contributed by atoms with Gasteiger partial charge >= 0.3 is 7.82 Å². The number of phosphoric acid groups is 1. The lowest BCUT2D eigenvalue weighted by Gasteiger charge is -2.23. The van der Waals surface area contributed by atoms with Gasteiger partial charge in [0.25, 0.3) is 0 Å². The maximum Gasteiger partial charge on any atom is 0.472 e. The first kappa shape index (κ1) is 57.9. The fraction of sp³-hybridized carbons (Fsp3) is 0.745. The first-order valence-corrected chi connectivity index (χ1v) is 26.1. The van der Waals surface area contributed by atoms with Crippen LogP contribution in [0.15, 0.2) is 72.9 Å². The summed E-state index contributed by atoms with van der Waals surface area (Å²) in [4.78, 5) is 22.8. The van der Waals surface area contributed by atoms with Crippen molar-refractivity contribution in [1.82, 2.24) is 5.32 Å². The van der Waals surface area contributed by atoms with Gasteiger partial charge in [-0.2, -0.15) is 0 Å². The molecular weight excluding hydrogens is 768 g/mol. The number of hydrogen-bond acceptors (Lipinski definition) is 6. The van der Waals surface area contributed by atoms with Gasteiger partial charge in [-0.05, 0) is 64.2 Å². The SMILES string of the molecule is CC/C=C\C/C=C\C/C=C\C/C=C\C/C=C\CCCCCCCC(=O)NC(COP(=O)(O)OCCN)C(O)/C=C/CCCCCCCCCCCCCCCCCCCC. The van der Waals surface area contributed by atoms with E-state index in [2.05, 4.69) is 79.9 Å². The first-order valence-electron chi connectivity index (χ1n) is 24.6. The van der Waals surface area contributed by atoms with E-state index in [9.17, 15) is 19.4 Å². The van der Waals surface area contributed by atoms with E-state index in [4.69, 9.17) is 14.8 Å². The molecule has 0 aliphatic heterocycles. The molecule has 0 saturated carbocycles. The second-order valence-electron chi connectivity index (χ2n) is 16.3. The molecule has 0 bridgehead atoms. The molecule has 0 aromatic carbocycles. The van der Waals surface area contributed by atoms with Gasteiger partial charge in [-0.15, -0.1) is 0 Å². The number of unbranched alkanes of at least 4 members (excludes halogenated alkanes) is 23. The summed E-state index contributed by atoms with van der Waals surface area (Å²) in [6.07, 6.45) is 61.0. The Balaban J connectivity index is 4.20. The van der Waals surface area contributed by atoms with Crippen LogP contribution in [0.4, 0.5) is 0 Å². The number of rotatable bonds is 45. The summed E-state index contributed by atoms with van der Waals surface area (Å²) in [5, 5.41) is 13.7. The molecule has 9 heteroatoms. The number of allylic oxidation sites excluding steroid dienone is 11. The summed E-state index contributed by atoms with van der Waals surface area (Å²) in [5.41, 5.74) is 5.39. The number of phosphoric ester groups is 1. The van der Waals surface area contributed by atoms with Crippen molar-refractivity contribution in [3.05, 3.63) is 72.9 Å². The number of carbonyl (C=O) groups is 1. The van der Waals surface area contributed by atoms with Crippen LogP contribution in [-0.4, -0.2) is 47.8 Å². The molecular formula is C51H93N2O6P. The predicted octanol–water partition coefficient (Wildman–Crippen LogP) is 14.4. The number of aliphatic hydroxyl groups is 1. The van der Waals surface area contributed by atoms with Gasteiger partial charge in [-0.25, -0.2) is 4.57 Å². The summed E-state index contributed by atoms with van der Waals surface area (Å²) in [6.45, 7) is 4.01. The Labute approximate surface area is 369 Å². The van der Waals surface area contributed by atoms with E-state index >= 15 is 0 Å². The molecule has 1 amide bonds. The number of nitrogens with one attached hydrogen (secondary N) is 1. The molecule has 0 aromatic heterocycles. The Kier molecular flexibility index (Phi) is 44.8. The van der Waals surface area contributed by atoms with Crippen LogP contribution in [0.25, 0.3) is 0 Å². The van der Waals surface area contributed by atoms with Crippen LogP contribution in [0.1, 0.15) is 213 Å². The number of carbonyl (C=O) groups excluding carboxylic acids is 1. The van der Waals surface area contributed by atoms with Crippen LogP contribution in [0.5, 0.6) is 0 Å². The average molecular weight is 861 g/mol. The lowest BCUT2D eigenvalue weighted by atomic mass is 10.0. The normalized spacial score (nSPS) is 14.6. The molecule has 8 nitrogen and oxygen atoms in total. The fourth-order valence-electron chi connectivity index (χ4n) is 6.86. The zero-order chi connectivity index (χ0) is 43.9. The molecule has 0 fully saturated rings. The molecule has 3 atom stereocenters. The van der Waals surface area contributed by atoms with Gasteiger partial charge < -0.3 is 21.1 Å². The van der Waals surface area contributed by atoms with Gasteiger partial charge in [0.15, 0.2) is 0 Å². The van der Waals surface area contributed by atoms with Gasteiger partial charge in [0.1, 0.15) is 0 Å². The third kappa shape index (κ3) is 44.0. The van der Waals surface area contributed by atoms with E-state index in [1.54, 1.807) is 6.08 Å². The molecule has 3 unspecified atom stereocenters. The van der Waals surface area contributed by atoms with Crippen LogP contribution in [-0.2, 0) is 18.4 Å². The van der Waals surface area contributed by atoms with Crippen LogP contribution >= 0.6 is 7.82 Å². The Morgan fingerprint density at radius 1 is 0.567 bits per heavy atom.